The molecular weight excluding hydrogens is 276 g/mol. The smallest absolute Gasteiger partial charge is 0.244 e. The summed E-state index contributed by atoms with van der Waals surface area (Å²) in [6.45, 7) is 3.76. The maximum atomic E-state index is 12.7. The van der Waals surface area contributed by atoms with E-state index in [1.54, 1.807) is 0 Å². The lowest BCUT2D eigenvalue weighted by atomic mass is 9.98. The standard InChI is InChI=1S/C17H20N4O/c1-11-14(10-19-20-11)12-4-2-6-16-13(12)7-9-21(16)17(22)15-5-3-8-18-15/h2,4,6,10,15,18H,3,5,7-9H2,1H3,(H,19,20). The Labute approximate surface area is 129 Å². The van der Waals surface area contributed by atoms with Gasteiger partial charge in [-0.3, -0.25) is 9.89 Å². The lowest BCUT2D eigenvalue weighted by Gasteiger charge is -2.21. The number of aromatic amines is 1. The summed E-state index contributed by atoms with van der Waals surface area (Å²) in [6.07, 6.45) is 4.82. The average molecular weight is 296 g/mol. The summed E-state index contributed by atoms with van der Waals surface area (Å²) >= 11 is 0. The number of amides is 1. The van der Waals surface area contributed by atoms with Crippen LogP contribution in [0.2, 0.25) is 0 Å². The van der Waals surface area contributed by atoms with E-state index in [-0.39, 0.29) is 11.9 Å². The van der Waals surface area contributed by atoms with E-state index in [4.69, 9.17) is 0 Å². The minimum atomic E-state index is -0.00901. The molecule has 3 heterocycles. The molecule has 1 atom stereocenters. The third-order valence-electron chi connectivity index (χ3n) is 4.77. The minimum Gasteiger partial charge on any atom is -0.310 e. The van der Waals surface area contributed by atoms with Gasteiger partial charge in [-0.05, 0) is 49.9 Å². The van der Waals surface area contributed by atoms with Crippen molar-refractivity contribution in [2.24, 2.45) is 0 Å². The Morgan fingerprint density at radius 3 is 3.00 bits per heavy atom. The number of aromatic nitrogens is 2. The van der Waals surface area contributed by atoms with Crippen LogP contribution in [-0.2, 0) is 11.2 Å². The van der Waals surface area contributed by atoms with Gasteiger partial charge in [-0.1, -0.05) is 12.1 Å². The largest absolute Gasteiger partial charge is 0.310 e. The van der Waals surface area contributed by atoms with Crippen molar-refractivity contribution in [2.45, 2.75) is 32.2 Å². The second-order valence-electron chi connectivity index (χ2n) is 6.10. The van der Waals surface area contributed by atoms with Gasteiger partial charge in [0.15, 0.2) is 0 Å². The number of nitrogens with zero attached hydrogens (tertiary/aromatic N) is 2. The third kappa shape index (κ3) is 2.04. The third-order valence-corrected chi connectivity index (χ3v) is 4.77. The summed E-state index contributed by atoms with van der Waals surface area (Å²) in [5, 5.41) is 10.4. The second kappa shape index (κ2) is 5.25. The predicted octanol–water partition coefficient (Wildman–Crippen LogP) is 2.03. The number of carbonyl (C=O) groups is 1. The van der Waals surface area contributed by atoms with Gasteiger partial charge in [-0.15, -0.1) is 0 Å². The number of H-pyrrole nitrogens is 1. The van der Waals surface area contributed by atoms with Crippen LogP contribution in [0.4, 0.5) is 5.69 Å². The molecule has 5 heteroatoms. The van der Waals surface area contributed by atoms with Gasteiger partial charge < -0.3 is 10.2 Å². The normalized spacial score (nSPS) is 20.4. The molecule has 0 saturated carbocycles. The van der Waals surface area contributed by atoms with Crippen LogP contribution in [0.15, 0.2) is 24.4 Å². The molecule has 1 aromatic heterocycles. The van der Waals surface area contributed by atoms with Gasteiger partial charge in [0.1, 0.15) is 0 Å². The number of benzene rings is 1. The molecule has 1 fully saturated rings. The van der Waals surface area contributed by atoms with Crippen molar-refractivity contribution >= 4 is 11.6 Å². The van der Waals surface area contributed by atoms with Crippen molar-refractivity contribution in [3.05, 3.63) is 35.7 Å². The SMILES string of the molecule is Cc1[nH]ncc1-c1cccc2c1CCN2C(=O)C1CCCN1. The van der Waals surface area contributed by atoms with E-state index in [9.17, 15) is 4.79 Å². The maximum absolute atomic E-state index is 12.7. The van der Waals surface area contributed by atoms with E-state index in [0.29, 0.717) is 0 Å². The molecular formula is C17H20N4O. The van der Waals surface area contributed by atoms with Crippen molar-refractivity contribution in [3.63, 3.8) is 0 Å². The molecule has 0 bridgehead atoms. The van der Waals surface area contributed by atoms with Gasteiger partial charge in [-0.2, -0.15) is 5.10 Å². The highest BCUT2D eigenvalue weighted by Crippen LogP contribution is 2.37. The summed E-state index contributed by atoms with van der Waals surface area (Å²) in [6, 6.07) is 6.21. The second-order valence-corrected chi connectivity index (χ2v) is 6.10. The molecule has 2 N–H and O–H groups in total. The van der Waals surface area contributed by atoms with Crippen molar-refractivity contribution in [1.29, 1.82) is 0 Å². The van der Waals surface area contributed by atoms with E-state index in [1.807, 2.05) is 24.1 Å². The topological polar surface area (TPSA) is 61.0 Å². The number of nitrogens with one attached hydrogen (secondary N) is 2. The fourth-order valence-electron chi connectivity index (χ4n) is 3.62. The van der Waals surface area contributed by atoms with E-state index >= 15 is 0 Å². The van der Waals surface area contributed by atoms with Gasteiger partial charge in [0.2, 0.25) is 5.91 Å². The number of hydrogen-bond acceptors (Lipinski definition) is 3. The van der Waals surface area contributed by atoms with Crippen molar-refractivity contribution in [3.8, 4) is 11.1 Å². The van der Waals surface area contributed by atoms with Crippen LogP contribution in [0, 0.1) is 6.92 Å². The number of carbonyl (C=O) groups excluding carboxylic acids is 1. The van der Waals surface area contributed by atoms with E-state index in [2.05, 4.69) is 27.6 Å². The Hall–Kier alpha value is -2.14. The molecule has 1 aromatic carbocycles. The molecule has 2 aliphatic heterocycles. The van der Waals surface area contributed by atoms with Crippen molar-refractivity contribution in [1.82, 2.24) is 15.5 Å². The Morgan fingerprint density at radius 1 is 1.36 bits per heavy atom. The van der Waals surface area contributed by atoms with Crippen LogP contribution in [0.3, 0.4) is 0 Å². The highest BCUT2D eigenvalue weighted by atomic mass is 16.2. The summed E-state index contributed by atoms with van der Waals surface area (Å²) < 4.78 is 0. The zero-order chi connectivity index (χ0) is 15.1. The Balaban J connectivity index is 1.71. The number of anilines is 1. The minimum absolute atomic E-state index is 0.00901. The first-order valence-electron chi connectivity index (χ1n) is 7.92. The fraction of sp³-hybridized carbons (Fsp3) is 0.412. The molecule has 114 valence electrons. The van der Waals surface area contributed by atoms with E-state index < -0.39 is 0 Å². The van der Waals surface area contributed by atoms with Gasteiger partial charge in [0, 0.05) is 23.5 Å². The lowest BCUT2D eigenvalue weighted by molar-refractivity contribution is -0.120. The first kappa shape index (κ1) is 13.5. The molecule has 0 spiro atoms. The molecule has 1 amide bonds. The van der Waals surface area contributed by atoms with E-state index in [1.165, 1.54) is 11.1 Å². The van der Waals surface area contributed by atoms with Crippen LogP contribution in [0.25, 0.3) is 11.1 Å². The molecule has 0 aliphatic carbocycles. The summed E-state index contributed by atoms with van der Waals surface area (Å²) in [5.41, 5.74) is 5.72. The molecule has 2 aliphatic rings. The first-order valence-corrected chi connectivity index (χ1v) is 7.92. The van der Waals surface area contributed by atoms with Gasteiger partial charge in [0.25, 0.3) is 0 Å². The van der Waals surface area contributed by atoms with Gasteiger partial charge >= 0.3 is 0 Å². The van der Waals surface area contributed by atoms with Crippen molar-refractivity contribution in [2.75, 3.05) is 18.0 Å². The zero-order valence-corrected chi connectivity index (χ0v) is 12.7. The first-order chi connectivity index (χ1) is 10.8. The quantitative estimate of drug-likeness (QED) is 0.891. The molecule has 2 aromatic rings. The molecule has 4 rings (SSSR count). The Kier molecular flexibility index (Phi) is 3.22. The van der Waals surface area contributed by atoms with Crippen molar-refractivity contribution < 1.29 is 4.79 Å². The maximum Gasteiger partial charge on any atom is 0.244 e. The van der Waals surface area contributed by atoms with Crippen LogP contribution in [-0.4, -0.2) is 35.2 Å². The lowest BCUT2D eigenvalue weighted by Crippen LogP contribution is -2.42. The van der Waals surface area contributed by atoms with Crippen LogP contribution in [0.1, 0.15) is 24.1 Å². The van der Waals surface area contributed by atoms with Crippen LogP contribution in [0.5, 0.6) is 0 Å². The molecule has 1 saturated heterocycles. The Morgan fingerprint density at radius 2 is 2.27 bits per heavy atom. The molecule has 22 heavy (non-hydrogen) atoms. The zero-order valence-electron chi connectivity index (χ0n) is 12.7. The highest BCUT2D eigenvalue weighted by molar-refractivity contribution is 6.00. The average Bonchev–Trinajstić information content (AvgIpc) is 3.26. The molecule has 1 unspecified atom stereocenters. The number of aryl methyl sites for hydroxylation is 1. The van der Waals surface area contributed by atoms with Crippen LogP contribution >= 0.6 is 0 Å². The highest BCUT2D eigenvalue weighted by Gasteiger charge is 2.32. The molecule has 5 nitrogen and oxygen atoms in total. The summed E-state index contributed by atoms with van der Waals surface area (Å²) in [5.74, 6) is 0.220. The molecule has 0 radical (unpaired) electrons. The van der Waals surface area contributed by atoms with Crippen LogP contribution < -0.4 is 10.2 Å². The summed E-state index contributed by atoms with van der Waals surface area (Å²) in [4.78, 5) is 14.7. The Bertz CT molecular complexity index is 715. The number of hydrogen-bond donors (Lipinski definition) is 2. The number of rotatable bonds is 2. The van der Waals surface area contributed by atoms with Gasteiger partial charge in [-0.25, -0.2) is 0 Å². The van der Waals surface area contributed by atoms with E-state index in [0.717, 1.165) is 49.3 Å². The number of fused-ring (bicyclic) bond motifs is 1. The monoisotopic (exact) mass is 296 g/mol. The van der Waals surface area contributed by atoms with Gasteiger partial charge in [0.05, 0.1) is 12.2 Å². The predicted molar refractivity (Wildman–Crippen MR) is 85.8 cm³/mol. The fourth-order valence-corrected chi connectivity index (χ4v) is 3.62. The summed E-state index contributed by atoms with van der Waals surface area (Å²) in [7, 11) is 0.